The lowest BCUT2D eigenvalue weighted by atomic mass is 10.2. The molecule has 0 aliphatic carbocycles. The third kappa shape index (κ3) is 4.07. The van der Waals surface area contributed by atoms with E-state index in [-0.39, 0.29) is 18.1 Å². The lowest BCUT2D eigenvalue weighted by molar-refractivity contribution is -0.384. The average molecular weight is 402 g/mol. The van der Waals surface area contributed by atoms with Crippen LogP contribution in [0.3, 0.4) is 0 Å². The number of carbonyl (C=O) groups is 1. The van der Waals surface area contributed by atoms with Crippen molar-refractivity contribution in [1.29, 1.82) is 0 Å². The standard InChI is InChI=1S/C16H12BrN5O3/c17-13-3-1-2-11(6-13)8-18-20-16(23)10-21-15-5-4-14(22(24)25)7-12(15)9-19-21/h1-9H,10H2,(H,20,23)/b18-8+. The molecular weight excluding hydrogens is 390 g/mol. The molecule has 1 aromatic heterocycles. The summed E-state index contributed by atoms with van der Waals surface area (Å²) in [6.45, 7) is -0.0445. The third-order valence-corrected chi connectivity index (χ3v) is 3.87. The zero-order valence-corrected chi connectivity index (χ0v) is 14.4. The van der Waals surface area contributed by atoms with Gasteiger partial charge in [-0.3, -0.25) is 19.6 Å². The van der Waals surface area contributed by atoms with E-state index in [1.165, 1.54) is 29.2 Å². The summed E-state index contributed by atoms with van der Waals surface area (Å²) >= 11 is 3.36. The van der Waals surface area contributed by atoms with Crippen LogP contribution in [0.15, 0.2) is 58.2 Å². The van der Waals surface area contributed by atoms with Crippen LogP contribution in [0, 0.1) is 10.1 Å². The van der Waals surface area contributed by atoms with Crippen molar-refractivity contribution in [1.82, 2.24) is 15.2 Å². The Morgan fingerprint density at radius 2 is 2.20 bits per heavy atom. The van der Waals surface area contributed by atoms with E-state index in [1.54, 1.807) is 6.07 Å². The van der Waals surface area contributed by atoms with Crippen molar-refractivity contribution in [2.75, 3.05) is 0 Å². The second-order valence-electron chi connectivity index (χ2n) is 5.15. The molecule has 0 saturated heterocycles. The summed E-state index contributed by atoms with van der Waals surface area (Å²) in [4.78, 5) is 22.3. The van der Waals surface area contributed by atoms with Gasteiger partial charge in [-0.1, -0.05) is 28.1 Å². The number of halogens is 1. The summed E-state index contributed by atoms with van der Waals surface area (Å²) in [5.74, 6) is -0.352. The molecule has 0 saturated carbocycles. The van der Waals surface area contributed by atoms with E-state index in [0.29, 0.717) is 10.9 Å². The summed E-state index contributed by atoms with van der Waals surface area (Å²) < 4.78 is 2.38. The first-order valence-corrected chi connectivity index (χ1v) is 8.00. The molecule has 1 heterocycles. The first-order chi connectivity index (χ1) is 12.0. The van der Waals surface area contributed by atoms with Gasteiger partial charge in [0.1, 0.15) is 6.54 Å². The smallest absolute Gasteiger partial charge is 0.270 e. The first kappa shape index (κ1) is 16.8. The van der Waals surface area contributed by atoms with Gasteiger partial charge in [0.2, 0.25) is 0 Å². The highest BCUT2D eigenvalue weighted by Crippen LogP contribution is 2.20. The predicted molar refractivity (Wildman–Crippen MR) is 96.3 cm³/mol. The van der Waals surface area contributed by atoms with Crippen LogP contribution in [0.5, 0.6) is 0 Å². The van der Waals surface area contributed by atoms with Gasteiger partial charge in [0.15, 0.2) is 0 Å². The minimum atomic E-state index is -0.472. The summed E-state index contributed by atoms with van der Waals surface area (Å²) in [6, 6.07) is 11.8. The number of rotatable bonds is 5. The van der Waals surface area contributed by atoms with Gasteiger partial charge in [-0.2, -0.15) is 10.2 Å². The number of nitro groups is 1. The Labute approximate surface area is 150 Å². The van der Waals surface area contributed by atoms with E-state index < -0.39 is 4.92 Å². The van der Waals surface area contributed by atoms with Gasteiger partial charge < -0.3 is 0 Å². The Hall–Kier alpha value is -3.07. The van der Waals surface area contributed by atoms with E-state index in [1.807, 2.05) is 24.3 Å². The topological polar surface area (TPSA) is 102 Å². The maximum absolute atomic E-state index is 12.0. The number of hydrogen-bond acceptors (Lipinski definition) is 5. The largest absolute Gasteiger partial charge is 0.271 e. The molecule has 0 spiro atoms. The van der Waals surface area contributed by atoms with Crippen LogP contribution in [0.1, 0.15) is 5.56 Å². The molecule has 0 unspecified atom stereocenters. The molecular formula is C16H12BrN5O3. The van der Waals surface area contributed by atoms with Gasteiger partial charge in [0.25, 0.3) is 11.6 Å². The zero-order chi connectivity index (χ0) is 17.8. The van der Waals surface area contributed by atoms with Crippen molar-refractivity contribution in [2.45, 2.75) is 6.54 Å². The first-order valence-electron chi connectivity index (χ1n) is 7.20. The Morgan fingerprint density at radius 1 is 1.36 bits per heavy atom. The SMILES string of the molecule is O=C(Cn1ncc2cc([N+](=O)[O-])ccc21)N/N=C/c1cccc(Br)c1. The van der Waals surface area contributed by atoms with Crippen LogP contribution in [0.25, 0.3) is 10.9 Å². The number of nitrogens with zero attached hydrogens (tertiary/aromatic N) is 4. The molecule has 0 bridgehead atoms. The van der Waals surface area contributed by atoms with Crippen LogP contribution in [-0.4, -0.2) is 26.8 Å². The van der Waals surface area contributed by atoms with Crippen molar-refractivity contribution < 1.29 is 9.72 Å². The van der Waals surface area contributed by atoms with E-state index in [0.717, 1.165) is 10.0 Å². The van der Waals surface area contributed by atoms with Crippen LogP contribution in [-0.2, 0) is 11.3 Å². The second-order valence-corrected chi connectivity index (χ2v) is 6.07. The molecule has 25 heavy (non-hydrogen) atoms. The predicted octanol–water partition coefficient (Wildman–Crippen LogP) is 2.86. The fourth-order valence-corrected chi connectivity index (χ4v) is 2.67. The lowest BCUT2D eigenvalue weighted by Crippen LogP contribution is -2.23. The number of fused-ring (bicyclic) bond motifs is 1. The monoisotopic (exact) mass is 401 g/mol. The molecule has 1 amide bonds. The third-order valence-electron chi connectivity index (χ3n) is 3.38. The fourth-order valence-electron chi connectivity index (χ4n) is 2.25. The molecule has 2 aromatic carbocycles. The Balaban J connectivity index is 1.67. The van der Waals surface area contributed by atoms with Gasteiger partial charge in [-0.05, 0) is 23.8 Å². The molecule has 3 rings (SSSR count). The highest BCUT2D eigenvalue weighted by atomic mass is 79.9. The zero-order valence-electron chi connectivity index (χ0n) is 12.8. The quantitative estimate of drug-likeness (QED) is 0.403. The maximum atomic E-state index is 12.0. The summed E-state index contributed by atoms with van der Waals surface area (Å²) in [6.07, 6.45) is 3.02. The molecule has 0 fully saturated rings. The molecule has 0 radical (unpaired) electrons. The maximum Gasteiger partial charge on any atom is 0.270 e. The Bertz CT molecular complexity index is 983. The highest BCUT2D eigenvalue weighted by molar-refractivity contribution is 9.10. The Morgan fingerprint density at radius 3 is 2.96 bits per heavy atom. The van der Waals surface area contributed by atoms with Crippen LogP contribution >= 0.6 is 15.9 Å². The van der Waals surface area contributed by atoms with Gasteiger partial charge in [0.05, 0.1) is 22.9 Å². The number of amides is 1. The number of hydrazone groups is 1. The molecule has 8 nitrogen and oxygen atoms in total. The number of nitrogens with one attached hydrogen (secondary N) is 1. The molecule has 1 N–H and O–H groups in total. The minimum absolute atomic E-state index is 0.0184. The number of non-ortho nitro benzene ring substituents is 1. The summed E-state index contributed by atoms with van der Waals surface area (Å²) in [5, 5.41) is 19.4. The van der Waals surface area contributed by atoms with Crippen molar-refractivity contribution >= 4 is 44.6 Å². The summed E-state index contributed by atoms with van der Waals surface area (Å²) in [5.41, 5.74) is 3.89. The van der Waals surface area contributed by atoms with Gasteiger partial charge in [-0.25, -0.2) is 5.43 Å². The van der Waals surface area contributed by atoms with Gasteiger partial charge >= 0.3 is 0 Å². The molecule has 0 aliphatic heterocycles. The van der Waals surface area contributed by atoms with Crippen molar-refractivity contribution in [2.24, 2.45) is 5.10 Å². The highest BCUT2D eigenvalue weighted by Gasteiger charge is 2.11. The lowest BCUT2D eigenvalue weighted by Gasteiger charge is -2.02. The van der Waals surface area contributed by atoms with E-state index in [4.69, 9.17) is 0 Å². The van der Waals surface area contributed by atoms with Gasteiger partial charge in [-0.15, -0.1) is 0 Å². The van der Waals surface area contributed by atoms with E-state index >= 15 is 0 Å². The molecule has 126 valence electrons. The van der Waals surface area contributed by atoms with Crippen molar-refractivity contribution in [3.8, 4) is 0 Å². The second kappa shape index (κ2) is 7.22. The van der Waals surface area contributed by atoms with Crippen molar-refractivity contribution in [3.05, 3.63) is 68.8 Å². The average Bonchev–Trinajstić information content (AvgIpc) is 2.97. The van der Waals surface area contributed by atoms with E-state index in [2.05, 4.69) is 31.6 Å². The Kier molecular flexibility index (Phi) is 4.85. The van der Waals surface area contributed by atoms with Crippen molar-refractivity contribution in [3.63, 3.8) is 0 Å². The molecule has 0 atom stereocenters. The minimum Gasteiger partial charge on any atom is -0.271 e. The number of carbonyl (C=O) groups excluding carboxylic acids is 1. The van der Waals surface area contributed by atoms with E-state index in [9.17, 15) is 14.9 Å². The van der Waals surface area contributed by atoms with Crippen LogP contribution in [0.4, 0.5) is 5.69 Å². The number of nitro benzene ring substituents is 1. The molecule has 3 aromatic rings. The number of hydrogen-bond donors (Lipinski definition) is 1. The number of benzene rings is 2. The normalized spacial score (nSPS) is 11.1. The van der Waals surface area contributed by atoms with Crippen LogP contribution in [0.2, 0.25) is 0 Å². The van der Waals surface area contributed by atoms with Gasteiger partial charge in [0, 0.05) is 22.0 Å². The summed E-state index contributed by atoms with van der Waals surface area (Å²) in [7, 11) is 0. The van der Waals surface area contributed by atoms with Crippen LogP contribution < -0.4 is 5.43 Å². The fraction of sp³-hybridized carbons (Fsp3) is 0.0625. The molecule has 0 aliphatic rings. The number of aromatic nitrogens is 2. The molecule has 9 heteroatoms.